The summed E-state index contributed by atoms with van der Waals surface area (Å²) in [6.07, 6.45) is 0. The Bertz CT molecular complexity index is 1310. The summed E-state index contributed by atoms with van der Waals surface area (Å²) < 4.78 is 13.2. The van der Waals surface area contributed by atoms with Crippen LogP contribution in [-0.2, 0) is 6.54 Å². The second kappa shape index (κ2) is 7.65. The predicted molar refractivity (Wildman–Crippen MR) is 116 cm³/mol. The Morgan fingerprint density at radius 2 is 1.63 bits per heavy atom. The molecule has 0 radical (unpaired) electrons. The number of hydrogen-bond donors (Lipinski definition) is 0. The summed E-state index contributed by atoms with van der Waals surface area (Å²) in [4.78, 5) is 4.81. The highest BCUT2D eigenvalue weighted by atomic mass is 35.5. The fourth-order valence-corrected chi connectivity index (χ4v) is 3.48. The Morgan fingerprint density at radius 3 is 2.40 bits per heavy atom. The molecule has 6 nitrogen and oxygen atoms in total. The van der Waals surface area contributed by atoms with Gasteiger partial charge in [0.2, 0.25) is 11.8 Å². The lowest BCUT2D eigenvalue weighted by Crippen LogP contribution is -2.02. The molecule has 2 aromatic heterocycles. The summed E-state index contributed by atoms with van der Waals surface area (Å²) in [5.74, 6) is 2.55. The third-order valence-electron chi connectivity index (χ3n) is 4.85. The zero-order chi connectivity index (χ0) is 20.5. The average Bonchev–Trinajstić information content (AvgIpc) is 3.40. The fourth-order valence-electron chi connectivity index (χ4n) is 3.36. The van der Waals surface area contributed by atoms with E-state index in [1.54, 1.807) is 7.11 Å². The van der Waals surface area contributed by atoms with Crippen LogP contribution in [0.3, 0.4) is 0 Å². The zero-order valence-corrected chi connectivity index (χ0v) is 16.9. The SMILES string of the molecule is COc1ccc(-c2nnc(Cn3c(-c4ccc(Cl)cc4)nc4ccccc43)o2)cc1. The smallest absolute Gasteiger partial charge is 0.247 e. The molecule has 0 aliphatic rings. The number of rotatable bonds is 5. The van der Waals surface area contributed by atoms with Gasteiger partial charge in [-0.25, -0.2) is 4.98 Å². The lowest BCUT2D eigenvalue weighted by atomic mass is 10.2. The zero-order valence-electron chi connectivity index (χ0n) is 16.1. The molecule has 2 heterocycles. The largest absolute Gasteiger partial charge is 0.497 e. The first-order valence-electron chi connectivity index (χ1n) is 9.39. The summed E-state index contributed by atoms with van der Waals surface area (Å²) in [5.41, 5.74) is 3.69. The quantitative estimate of drug-likeness (QED) is 0.380. The highest BCUT2D eigenvalue weighted by Gasteiger charge is 2.16. The third-order valence-corrected chi connectivity index (χ3v) is 5.11. The second-order valence-corrected chi connectivity index (χ2v) is 7.18. The minimum absolute atomic E-state index is 0.404. The molecule has 5 rings (SSSR count). The van der Waals surface area contributed by atoms with Crippen molar-refractivity contribution in [2.75, 3.05) is 7.11 Å². The number of para-hydroxylation sites is 2. The maximum absolute atomic E-state index is 6.06. The topological polar surface area (TPSA) is 66.0 Å². The van der Waals surface area contributed by atoms with Gasteiger partial charge in [-0.2, -0.15) is 0 Å². The number of imidazole rings is 1. The molecule has 0 aliphatic carbocycles. The molecule has 0 aliphatic heterocycles. The van der Waals surface area contributed by atoms with Crippen molar-refractivity contribution in [1.29, 1.82) is 0 Å². The predicted octanol–water partition coefficient (Wildman–Crippen LogP) is 5.46. The molecule has 0 saturated carbocycles. The van der Waals surface area contributed by atoms with Crippen LogP contribution in [0.5, 0.6) is 5.75 Å². The van der Waals surface area contributed by atoms with Crippen LogP contribution in [0.1, 0.15) is 5.89 Å². The molecule has 3 aromatic carbocycles. The molecule has 0 atom stereocenters. The molecule has 0 fully saturated rings. The van der Waals surface area contributed by atoms with Crippen molar-refractivity contribution in [2.24, 2.45) is 0 Å². The van der Waals surface area contributed by atoms with Crippen LogP contribution < -0.4 is 4.74 Å². The summed E-state index contributed by atoms with van der Waals surface area (Å²) in [6.45, 7) is 0.404. The van der Waals surface area contributed by atoms with Gasteiger partial charge in [-0.05, 0) is 60.7 Å². The number of hydrogen-bond acceptors (Lipinski definition) is 5. The minimum Gasteiger partial charge on any atom is -0.497 e. The molecule has 0 amide bonds. The summed E-state index contributed by atoms with van der Waals surface area (Å²) in [6, 6.07) is 23.1. The van der Waals surface area contributed by atoms with E-state index in [2.05, 4.69) is 14.8 Å². The molecule has 30 heavy (non-hydrogen) atoms. The number of benzene rings is 3. The molecule has 148 valence electrons. The van der Waals surface area contributed by atoms with Crippen LogP contribution >= 0.6 is 11.6 Å². The van der Waals surface area contributed by atoms with Crippen molar-refractivity contribution in [2.45, 2.75) is 6.54 Å². The summed E-state index contributed by atoms with van der Waals surface area (Å²) in [5, 5.41) is 9.14. The summed E-state index contributed by atoms with van der Waals surface area (Å²) >= 11 is 6.06. The van der Waals surface area contributed by atoms with Gasteiger partial charge in [0.1, 0.15) is 18.1 Å². The lowest BCUT2D eigenvalue weighted by Gasteiger charge is -2.07. The Balaban J connectivity index is 1.53. The average molecular weight is 417 g/mol. The number of fused-ring (bicyclic) bond motifs is 1. The highest BCUT2D eigenvalue weighted by molar-refractivity contribution is 6.30. The Kier molecular flexibility index (Phi) is 4.69. The van der Waals surface area contributed by atoms with Crippen LogP contribution in [-0.4, -0.2) is 26.9 Å². The van der Waals surface area contributed by atoms with Crippen molar-refractivity contribution >= 4 is 22.6 Å². The van der Waals surface area contributed by atoms with E-state index in [-0.39, 0.29) is 0 Å². The van der Waals surface area contributed by atoms with Gasteiger partial charge in [-0.3, -0.25) is 0 Å². The van der Waals surface area contributed by atoms with E-state index >= 15 is 0 Å². The molecule has 0 N–H and O–H groups in total. The van der Waals surface area contributed by atoms with Gasteiger partial charge in [0.05, 0.1) is 18.1 Å². The van der Waals surface area contributed by atoms with Crippen LogP contribution in [0.15, 0.2) is 77.2 Å². The van der Waals surface area contributed by atoms with E-state index < -0.39 is 0 Å². The van der Waals surface area contributed by atoms with Gasteiger partial charge in [-0.15, -0.1) is 10.2 Å². The molecule has 0 unspecified atom stereocenters. The highest BCUT2D eigenvalue weighted by Crippen LogP contribution is 2.28. The first-order chi connectivity index (χ1) is 14.7. The molecule has 0 bridgehead atoms. The standard InChI is InChI=1S/C23H17ClN4O2/c1-29-18-12-8-16(9-13-18)23-27-26-21(30-23)14-28-20-5-3-2-4-19(20)25-22(28)15-6-10-17(24)11-7-15/h2-13H,14H2,1H3. The molecule has 0 spiro atoms. The minimum atomic E-state index is 0.404. The lowest BCUT2D eigenvalue weighted by molar-refractivity contribution is 0.415. The van der Waals surface area contributed by atoms with E-state index in [9.17, 15) is 0 Å². The van der Waals surface area contributed by atoms with Gasteiger partial charge in [0.15, 0.2) is 0 Å². The number of ether oxygens (including phenoxy) is 1. The van der Waals surface area contributed by atoms with Gasteiger partial charge < -0.3 is 13.7 Å². The van der Waals surface area contributed by atoms with E-state index in [1.165, 1.54) is 0 Å². The van der Waals surface area contributed by atoms with Gasteiger partial charge in [0, 0.05) is 16.1 Å². The Hall–Kier alpha value is -3.64. The first-order valence-corrected chi connectivity index (χ1v) is 9.77. The van der Waals surface area contributed by atoms with Crippen LogP contribution in [0.25, 0.3) is 33.9 Å². The van der Waals surface area contributed by atoms with E-state index in [0.29, 0.717) is 23.3 Å². The number of nitrogens with zero attached hydrogens (tertiary/aromatic N) is 4. The molecule has 0 saturated heterocycles. The monoisotopic (exact) mass is 416 g/mol. The molecule has 7 heteroatoms. The van der Waals surface area contributed by atoms with Crippen LogP contribution in [0.2, 0.25) is 5.02 Å². The van der Waals surface area contributed by atoms with Gasteiger partial charge in [-0.1, -0.05) is 23.7 Å². The fraction of sp³-hybridized carbons (Fsp3) is 0.0870. The molecular weight excluding hydrogens is 400 g/mol. The van der Waals surface area contributed by atoms with E-state index in [0.717, 1.165) is 33.7 Å². The third kappa shape index (κ3) is 3.42. The number of aromatic nitrogens is 4. The molecular formula is C23H17ClN4O2. The van der Waals surface area contributed by atoms with Gasteiger partial charge >= 0.3 is 0 Å². The maximum atomic E-state index is 6.06. The van der Waals surface area contributed by atoms with E-state index in [4.69, 9.17) is 25.7 Å². The van der Waals surface area contributed by atoms with E-state index in [1.807, 2.05) is 72.8 Å². The second-order valence-electron chi connectivity index (χ2n) is 6.75. The van der Waals surface area contributed by atoms with Crippen LogP contribution in [0, 0.1) is 0 Å². The van der Waals surface area contributed by atoms with Crippen molar-refractivity contribution in [3.8, 4) is 28.6 Å². The van der Waals surface area contributed by atoms with Crippen LogP contribution in [0.4, 0.5) is 0 Å². The number of methoxy groups -OCH3 is 1. The van der Waals surface area contributed by atoms with Gasteiger partial charge in [0.25, 0.3) is 0 Å². The summed E-state index contributed by atoms with van der Waals surface area (Å²) in [7, 11) is 1.63. The maximum Gasteiger partial charge on any atom is 0.247 e. The van der Waals surface area contributed by atoms with Crippen molar-refractivity contribution in [3.05, 3.63) is 83.7 Å². The van der Waals surface area contributed by atoms with Crippen molar-refractivity contribution in [3.63, 3.8) is 0 Å². The Labute approximate surface area is 177 Å². The van der Waals surface area contributed by atoms with Crippen molar-refractivity contribution in [1.82, 2.24) is 19.7 Å². The normalized spacial score (nSPS) is 11.1. The molecule has 5 aromatic rings. The Morgan fingerprint density at radius 1 is 0.900 bits per heavy atom. The number of halogens is 1. The van der Waals surface area contributed by atoms with Crippen molar-refractivity contribution < 1.29 is 9.15 Å². The first kappa shape index (κ1) is 18.4.